The molecule has 116 valence electrons. The van der Waals surface area contributed by atoms with Gasteiger partial charge in [-0.15, -0.1) is 0 Å². The molecule has 0 aliphatic rings. The third-order valence-electron chi connectivity index (χ3n) is 2.80. The van der Waals surface area contributed by atoms with Gasteiger partial charge >= 0.3 is 0 Å². The van der Waals surface area contributed by atoms with Crippen LogP contribution in [-0.2, 0) is 16.1 Å². The molecule has 0 unspecified atom stereocenters. The van der Waals surface area contributed by atoms with Gasteiger partial charge in [0.15, 0.2) is 0 Å². The van der Waals surface area contributed by atoms with Crippen molar-refractivity contribution >= 4 is 29.1 Å². The van der Waals surface area contributed by atoms with Gasteiger partial charge in [0.05, 0.1) is 24.9 Å². The summed E-state index contributed by atoms with van der Waals surface area (Å²) in [7, 11) is 1.50. The maximum atomic E-state index is 11.8. The van der Waals surface area contributed by atoms with Crippen LogP contribution in [0.1, 0.15) is 12.2 Å². The molecule has 22 heavy (non-hydrogen) atoms. The van der Waals surface area contributed by atoms with E-state index in [1.54, 1.807) is 30.3 Å². The number of benzene rings is 1. The summed E-state index contributed by atoms with van der Waals surface area (Å²) in [5.41, 5.74) is 0.495. The van der Waals surface area contributed by atoms with E-state index in [1.807, 2.05) is 0 Å². The SMILES string of the molecule is COc1ccc(NC(=O)CC(=O)NCc2ccco2)cc1Cl. The number of furan rings is 1. The maximum Gasteiger partial charge on any atom is 0.233 e. The first-order valence-electron chi connectivity index (χ1n) is 6.51. The van der Waals surface area contributed by atoms with Gasteiger partial charge in [-0.25, -0.2) is 0 Å². The van der Waals surface area contributed by atoms with Crippen LogP contribution in [0.4, 0.5) is 5.69 Å². The quantitative estimate of drug-likeness (QED) is 0.801. The van der Waals surface area contributed by atoms with E-state index >= 15 is 0 Å². The van der Waals surface area contributed by atoms with Gasteiger partial charge in [-0.1, -0.05) is 11.6 Å². The Labute approximate surface area is 132 Å². The predicted molar refractivity (Wildman–Crippen MR) is 81.8 cm³/mol. The van der Waals surface area contributed by atoms with Crippen LogP contribution in [0.25, 0.3) is 0 Å². The van der Waals surface area contributed by atoms with Gasteiger partial charge in [0.2, 0.25) is 11.8 Å². The van der Waals surface area contributed by atoms with Crippen molar-refractivity contribution < 1.29 is 18.7 Å². The van der Waals surface area contributed by atoms with E-state index in [9.17, 15) is 9.59 Å². The van der Waals surface area contributed by atoms with Crippen molar-refractivity contribution in [2.75, 3.05) is 12.4 Å². The Bertz CT molecular complexity index is 656. The monoisotopic (exact) mass is 322 g/mol. The van der Waals surface area contributed by atoms with Gasteiger partial charge in [0.1, 0.15) is 17.9 Å². The number of anilines is 1. The molecule has 2 N–H and O–H groups in total. The molecular weight excluding hydrogens is 308 g/mol. The van der Waals surface area contributed by atoms with E-state index in [1.165, 1.54) is 13.4 Å². The Morgan fingerprint density at radius 1 is 1.27 bits per heavy atom. The highest BCUT2D eigenvalue weighted by Crippen LogP contribution is 2.27. The zero-order chi connectivity index (χ0) is 15.9. The molecule has 1 aromatic heterocycles. The molecular formula is C15H15ClN2O4. The number of hydrogen-bond donors (Lipinski definition) is 2. The molecule has 1 heterocycles. The number of carbonyl (C=O) groups is 2. The molecule has 1 aromatic carbocycles. The Hall–Kier alpha value is -2.47. The summed E-state index contributed by atoms with van der Waals surface area (Å²) in [6.07, 6.45) is 1.23. The lowest BCUT2D eigenvalue weighted by Crippen LogP contribution is -2.27. The predicted octanol–water partition coefficient (Wildman–Crippen LogP) is 2.59. The fraction of sp³-hybridized carbons (Fsp3) is 0.200. The van der Waals surface area contributed by atoms with Gasteiger partial charge in [-0.05, 0) is 30.3 Å². The van der Waals surface area contributed by atoms with Crippen LogP contribution in [0.5, 0.6) is 5.75 Å². The summed E-state index contributed by atoms with van der Waals surface area (Å²) < 4.78 is 10.1. The smallest absolute Gasteiger partial charge is 0.233 e. The van der Waals surface area contributed by atoms with E-state index < -0.39 is 11.8 Å². The summed E-state index contributed by atoms with van der Waals surface area (Å²) >= 11 is 5.96. The minimum atomic E-state index is -0.432. The summed E-state index contributed by atoms with van der Waals surface area (Å²) in [6, 6.07) is 8.29. The molecule has 7 heteroatoms. The van der Waals surface area contributed by atoms with Crippen molar-refractivity contribution in [2.24, 2.45) is 0 Å². The fourth-order valence-corrected chi connectivity index (χ4v) is 2.01. The number of amides is 2. The zero-order valence-electron chi connectivity index (χ0n) is 11.9. The highest BCUT2D eigenvalue weighted by atomic mass is 35.5. The van der Waals surface area contributed by atoms with Crippen LogP contribution in [0.3, 0.4) is 0 Å². The topological polar surface area (TPSA) is 80.6 Å². The molecule has 0 fully saturated rings. The lowest BCUT2D eigenvalue weighted by molar-refractivity contribution is -0.127. The van der Waals surface area contributed by atoms with Crippen LogP contribution in [0.15, 0.2) is 41.0 Å². The van der Waals surface area contributed by atoms with Crippen molar-refractivity contribution in [3.63, 3.8) is 0 Å². The van der Waals surface area contributed by atoms with Crippen LogP contribution in [0, 0.1) is 0 Å². The van der Waals surface area contributed by atoms with Crippen molar-refractivity contribution in [3.8, 4) is 5.75 Å². The standard InChI is InChI=1S/C15H15ClN2O4/c1-21-13-5-4-10(7-12(13)16)18-15(20)8-14(19)17-9-11-3-2-6-22-11/h2-7H,8-9H2,1H3,(H,17,19)(H,18,20). The molecule has 2 rings (SSSR count). The fourth-order valence-electron chi connectivity index (χ4n) is 1.76. The van der Waals surface area contributed by atoms with Gasteiger partial charge in [-0.3, -0.25) is 9.59 Å². The summed E-state index contributed by atoms with van der Waals surface area (Å²) in [5.74, 6) is 0.304. The number of ether oxygens (including phenoxy) is 1. The zero-order valence-corrected chi connectivity index (χ0v) is 12.6. The molecule has 0 saturated heterocycles. The molecule has 0 radical (unpaired) electrons. The number of nitrogens with one attached hydrogen (secondary N) is 2. The van der Waals surface area contributed by atoms with Crippen LogP contribution in [0.2, 0.25) is 5.02 Å². The molecule has 0 aliphatic heterocycles. The van der Waals surface area contributed by atoms with Crippen LogP contribution >= 0.6 is 11.6 Å². The van der Waals surface area contributed by atoms with E-state index in [-0.39, 0.29) is 13.0 Å². The summed E-state index contributed by atoms with van der Waals surface area (Å²) in [4.78, 5) is 23.4. The Kier molecular flexibility index (Phi) is 5.43. The minimum Gasteiger partial charge on any atom is -0.495 e. The van der Waals surface area contributed by atoms with E-state index in [0.717, 1.165) is 0 Å². The van der Waals surface area contributed by atoms with Crippen molar-refractivity contribution in [1.82, 2.24) is 5.32 Å². The normalized spacial score (nSPS) is 10.1. The Balaban J connectivity index is 1.82. The number of halogens is 1. The second kappa shape index (κ2) is 7.51. The molecule has 0 spiro atoms. The molecule has 0 bridgehead atoms. The van der Waals surface area contributed by atoms with Gasteiger partial charge in [-0.2, -0.15) is 0 Å². The first kappa shape index (κ1) is 15.9. The van der Waals surface area contributed by atoms with Crippen molar-refractivity contribution in [3.05, 3.63) is 47.4 Å². The van der Waals surface area contributed by atoms with Gasteiger partial charge in [0.25, 0.3) is 0 Å². The Morgan fingerprint density at radius 3 is 2.73 bits per heavy atom. The molecule has 0 atom stereocenters. The second-order valence-electron chi connectivity index (χ2n) is 4.43. The number of methoxy groups -OCH3 is 1. The first-order valence-corrected chi connectivity index (χ1v) is 6.88. The molecule has 0 aliphatic carbocycles. The molecule has 6 nitrogen and oxygen atoms in total. The third kappa shape index (κ3) is 4.53. The van der Waals surface area contributed by atoms with Crippen LogP contribution < -0.4 is 15.4 Å². The van der Waals surface area contributed by atoms with E-state index in [2.05, 4.69) is 10.6 Å². The van der Waals surface area contributed by atoms with E-state index in [4.69, 9.17) is 20.8 Å². The highest BCUT2D eigenvalue weighted by Gasteiger charge is 2.11. The first-order chi connectivity index (χ1) is 10.6. The Morgan fingerprint density at radius 2 is 2.09 bits per heavy atom. The average molecular weight is 323 g/mol. The lowest BCUT2D eigenvalue weighted by Gasteiger charge is -2.08. The van der Waals surface area contributed by atoms with Gasteiger partial charge < -0.3 is 19.8 Å². The average Bonchev–Trinajstić information content (AvgIpc) is 2.98. The third-order valence-corrected chi connectivity index (χ3v) is 3.09. The number of rotatable bonds is 6. The number of carbonyl (C=O) groups excluding carboxylic acids is 2. The van der Waals surface area contributed by atoms with Gasteiger partial charge in [0, 0.05) is 5.69 Å². The lowest BCUT2D eigenvalue weighted by atomic mass is 10.3. The van der Waals surface area contributed by atoms with Crippen molar-refractivity contribution in [1.29, 1.82) is 0 Å². The van der Waals surface area contributed by atoms with Crippen LogP contribution in [-0.4, -0.2) is 18.9 Å². The second-order valence-corrected chi connectivity index (χ2v) is 4.84. The minimum absolute atomic E-state index is 0.244. The molecule has 2 aromatic rings. The van der Waals surface area contributed by atoms with Crippen molar-refractivity contribution in [2.45, 2.75) is 13.0 Å². The highest BCUT2D eigenvalue weighted by molar-refractivity contribution is 6.32. The molecule has 0 saturated carbocycles. The number of hydrogen-bond acceptors (Lipinski definition) is 4. The summed E-state index contributed by atoms with van der Waals surface area (Å²) in [6.45, 7) is 0.244. The molecule has 2 amide bonds. The largest absolute Gasteiger partial charge is 0.495 e. The maximum absolute atomic E-state index is 11.8. The summed E-state index contributed by atoms with van der Waals surface area (Å²) in [5, 5.41) is 5.56. The van der Waals surface area contributed by atoms with E-state index in [0.29, 0.717) is 22.2 Å².